The van der Waals surface area contributed by atoms with Gasteiger partial charge in [-0.25, -0.2) is 4.52 Å². The fourth-order valence-electron chi connectivity index (χ4n) is 2.18. The molecule has 0 N–H and O–H groups in total. The molecular formula is C15H18N2O2S. The van der Waals surface area contributed by atoms with Crippen molar-refractivity contribution in [2.75, 3.05) is 0 Å². The number of fused-ring (bicyclic) bond motifs is 1. The second kappa shape index (κ2) is 5.71. The van der Waals surface area contributed by atoms with E-state index in [1.54, 1.807) is 18.4 Å². The maximum absolute atomic E-state index is 12.6. The molecule has 0 saturated carbocycles. The molecule has 2 aromatic heterocycles. The van der Waals surface area contributed by atoms with Gasteiger partial charge in [-0.2, -0.15) is 5.10 Å². The van der Waals surface area contributed by atoms with Crippen LogP contribution in [0.5, 0.6) is 0 Å². The Bertz CT molecular complexity index is 661. The van der Waals surface area contributed by atoms with Gasteiger partial charge in [-0.3, -0.25) is 4.79 Å². The number of nitrogens with zero attached hydrogens (tertiary/aromatic N) is 2. The molecule has 20 heavy (non-hydrogen) atoms. The van der Waals surface area contributed by atoms with Crippen LogP contribution in [0.15, 0.2) is 24.4 Å². The number of pyridine rings is 1. The van der Waals surface area contributed by atoms with Gasteiger partial charge in [0.05, 0.1) is 16.8 Å². The lowest BCUT2D eigenvalue weighted by Crippen LogP contribution is -2.23. The van der Waals surface area contributed by atoms with Crippen LogP contribution >= 0.6 is 12.2 Å². The zero-order chi connectivity index (χ0) is 14.9. The molecule has 4 nitrogen and oxygen atoms in total. The first-order valence-corrected chi connectivity index (χ1v) is 7.01. The summed E-state index contributed by atoms with van der Waals surface area (Å²) >= 11 is 4.91. The number of carbonyl (C=O) groups excluding carboxylic acids is 1. The van der Waals surface area contributed by atoms with E-state index in [1.165, 1.54) is 0 Å². The van der Waals surface area contributed by atoms with Crippen LogP contribution in [0.1, 0.15) is 49.7 Å². The van der Waals surface area contributed by atoms with Crippen LogP contribution in [0.3, 0.4) is 0 Å². The maximum atomic E-state index is 12.6. The fraction of sp³-hybridized carbons (Fsp3) is 0.400. The third kappa shape index (κ3) is 2.72. The number of hydrogen-bond donors (Lipinski definition) is 0. The molecule has 0 aliphatic heterocycles. The third-order valence-electron chi connectivity index (χ3n) is 3.07. The highest BCUT2D eigenvalue weighted by atomic mass is 32.1. The molecule has 0 spiro atoms. The highest BCUT2D eigenvalue weighted by molar-refractivity contribution is 7.80. The van der Waals surface area contributed by atoms with Crippen LogP contribution in [-0.2, 0) is 4.74 Å². The number of ether oxygens (including phenoxy) is 1. The Morgan fingerprint density at radius 3 is 2.65 bits per heavy atom. The SMILES string of the molecule is CC(=S)OC(C)C(=O)c1c(C(C)C)nn2ccccc12. The summed E-state index contributed by atoms with van der Waals surface area (Å²) in [6.45, 7) is 7.43. The van der Waals surface area contributed by atoms with Crippen LogP contribution < -0.4 is 0 Å². The minimum atomic E-state index is -0.599. The Morgan fingerprint density at radius 1 is 1.35 bits per heavy atom. The van der Waals surface area contributed by atoms with Crippen molar-refractivity contribution in [3.63, 3.8) is 0 Å². The van der Waals surface area contributed by atoms with Gasteiger partial charge in [0.15, 0.2) is 11.2 Å². The molecule has 0 bridgehead atoms. The zero-order valence-electron chi connectivity index (χ0n) is 12.1. The molecule has 1 unspecified atom stereocenters. The van der Waals surface area contributed by atoms with Gasteiger partial charge in [-0.15, -0.1) is 0 Å². The van der Waals surface area contributed by atoms with Crippen molar-refractivity contribution in [1.29, 1.82) is 0 Å². The molecule has 2 rings (SSSR count). The molecule has 0 radical (unpaired) electrons. The number of rotatable bonds is 4. The molecule has 0 aromatic carbocycles. The summed E-state index contributed by atoms with van der Waals surface area (Å²) in [5, 5.41) is 4.87. The molecule has 1 atom stereocenters. The number of hydrogen-bond acceptors (Lipinski definition) is 4. The van der Waals surface area contributed by atoms with Crippen LogP contribution in [0.4, 0.5) is 0 Å². The molecule has 0 saturated heterocycles. The molecule has 0 aliphatic carbocycles. The van der Waals surface area contributed by atoms with Gasteiger partial charge in [-0.1, -0.05) is 19.9 Å². The minimum Gasteiger partial charge on any atom is -0.476 e. The summed E-state index contributed by atoms with van der Waals surface area (Å²) in [6, 6.07) is 5.68. The standard InChI is InChI=1S/C15H18N2O2S/c1-9(2)14-13(15(18)10(3)19-11(4)20)12-7-5-6-8-17(12)16-14/h5-10H,1-4H3. The van der Waals surface area contributed by atoms with E-state index >= 15 is 0 Å². The average molecular weight is 290 g/mol. The second-order valence-electron chi connectivity index (χ2n) is 5.06. The van der Waals surface area contributed by atoms with Crippen molar-refractivity contribution in [3.8, 4) is 0 Å². The number of thiocarbonyl (C=S) groups is 1. The van der Waals surface area contributed by atoms with Crippen LogP contribution in [0.25, 0.3) is 5.52 Å². The van der Waals surface area contributed by atoms with Crippen LogP contribution in [0, 0.1) is 0 Å². The first kappa shape index (κ1) is 14.7. The molecule has 2 heterocycles. The number of Topliss-reactive ketones (excluding diaryl/α,β-unsaturated/α-hetero) is 1. The molecule has 106 valence electrons. The van der Waals surface area contributed by atoms with E-state index in [0.29, 0.717) is 10.6 Å². The Morgan fingerprint density at radius 2 is 2.05 bits per heavy atom. The summed E-state index contributed by atoms with van der Waals surface area (Å²) in [6.07, 6.45) is 1.24. The van der Waals surface area contributed by atoms with Crippen molar-refractivity contribution < 1.29 is 9.53 Å². The molecule has 0 fully saturated rings. The number of carbonyl (C=O) groups is 1. The van der Waals surface area contributed by atoms with Crippen LogP contribution in [0.2, 0.25) is 0 Å². The molecule has 2 aromatic rings. The van der Waals surface area contributed by atoms with Gasteiger partial charge >= 0.3 is 0 Å². The number of aromatic nitrogens is 2. The quantitative estimate of drug-likeness (QED) is 0.639. The van der Waals surface area contributed by atoms with Gasteiger partial charge in [0, 0.05) is 13.1 Å². The van der Waals surface area contributed by atoms with Crippen molar-refractivity contribution in [3.05, 3.63) is 35.7 Å². The largest absolute Gasteiger partial charge is 0.476 e. The lowest BCUT2D eigenvalue weighted by Gasteiger charge is -2.13. The molecule has 0 aliphatic rings. The fourth-order valence-corrected chi connectivity index (χ4v) is 2.32. The Labute approximate surface area is 123 Å². The van der Waals surface area contributed by atoms with Crippen molar-refractivity contribution in [1.82, 2.24) is 9.61 Å². The van der Waals surface area contributed by atoms with E-state index < -0.39 is 6.10 Å². The van der Waals surface area contributed by atoms with Gasteiger partial charge in [-0.05, 0) is 37.2 Å². The van der Waals surface area contributed by atoms with E-state index in [9.17, 15) is 4.79 Å². The Kier molecular flexibility index (Phi) is 4.18. The third-order valence-corrected chi connectivity index (χ3v) is 3.17. The average Bonchev–Trinajstić information content (AvgIpc) is 2.76. The normalized spacial score (nSPS) is 12.7. The van der Waals surface area contributed by atoms with Gasteiger partial charge < -0.3 is 4.74 Å². The van der Waals surface area contributed by atoms with Crippen molar-refractivity contribution in [2.24, 2.45) is 0 Å². The summed E-state index contributed by atoms with van der Waals surface area (Å²) < 4.78 is 7.10. The smallest absolute Gasteiger partial charge is 0.207 e. The first-order chi connectivity index (χ1) is 9.41. The highest BCUT2D eigenvalue weighted by Crippen LogP contribution is 2.24. The summed E-state index contributed by atoms with van der Waals surface area (Å²) in [5.74, 6) is 0.0775. The Hall–Kier alpha value is -1.75. The molecule has 0 amide bonds. The topological polar surface area (TPSA) is 43.6 Å². The summed E-state index contributed by atoms with van der Waals surface area (Å²) in [5.41, 5.74) is 2.22. The van der Waals surface area contributed by atoms with Crippen molar-refractivity contribution >= 4 is 28.6 Å². The molecular weight excluding hydrogens is 272 g/mol. The lowest BCUT2D eigenvalue weighted by atomic mass is 9.99. The van der Waals surface area contributed by atoms with Gasteiger partial charge in [0.1, 0.15) is 0 Å². The van der Waals surface area contributed by atoms with E-state index in [4.69, 9.17) is 17.0 Å². The summed E-state index contributed by atoms with van der Waals surface area (Å²) in [7, 11) is 0. The predicted octanol–water partition coefficient (Wildman–Crippen LogP) is 3.39. The summed E-state index contributed by atoms with van der Waals surface area (Å²) in [4.78, 5) is 12.6. The number of ketones is 1. The monoisotopic (exact) mass is 290 g/mol. The van der Waals surface area contributed by atoms with E-state index in [1.807, 2.05) is 38.2 Å². The van der Waals surface area contributed by atoms with Crippen molar-refractivity contribution in [2.45, 2.75) is 39.7 Å². The van der Waals surface area contributed by atoms with Crippen LogP contribution in [-0.4, -0.2) is 26.6 Å². The van der Waals surface area contributed by atoms with E-state index in [0.717, 1.165) is 11.2 Å². The van der Waals surface area contributed by atoms with E-state index in [-0.39, 0.29) is 11.7 Å². The zero-order valence-corrected chi connectivity index (χ0v) is 12.9. The highest BCUT2D eigenvalue weighted by Gasteiger charge is 2.26. The lowest BCUT2D eigenvalue weighted by molar-refractivity contribution is 0.0805. The Balaban J connectivity index is 2.53. The minimum absolute atomic E-state index is 0.0842. The maximum Gasteiger partial charge on any atom is 0.207 e. The second-order valence-corrected chi connectivity index (χ2v) is 5.64. The van der Waals surface area contributed by atoms with Gasteiger partial charge in [0.25, 0.3) is 0 Å². The van der Waals surface area contributed by atoms with Gasteiger partial charge in [0.2, 0.25) is 5.78 Å². The van der Waals surface area contributed by atoms with E-state index in [2.05, 4.69) is 5.10 Å². The predicted molar refractivity (Wildman–Crippen MR) is 82.4 cm³/mol. The molecule has 5 heteroatoms. The first-order valence-electron chi connectivity index (χ1n) is 6.60.